The van der Waals surface area contributed by atoms with Crippen LogP contribution in [0, 0.1) is 5.92 Å². The van der Waals surface area contributed by atoms with Crippen LogP contribution in [0.5, 0.6) is 0 Å². The lowest BCUT2D eigenvalue weighted by Crippen LogP contribution is -2.55. The fourth-order valence-electron chi connectivity index (χ4n) is 2.94. The lowest BCUT2D eigenvalue weighted by atomic mass is 9.79. The molecule has 2 unspecified atom stereocenters. The second-order valence-corrected chi connectivity index (χ2v) is 7.63. The minimum absolute atomic E-state index is 0.110. The molecule has 0 bridgehead atoms. The number of unbranched alkanes of at least 4 members (excludes halogenated alkanes) is 5. The van der Waals surface area contributed by atoms with Crippen molar-refractivity contribution in [2.24, 2.45) is 5.92 Å². The molecule has 1 aliphatic rings. The first kappa shape index (κ1) is 23.9. The van der Waals surface area contributed by atoms with E-state index in [9.17, 15) is 14.7 Å². The Labute approximate surface area is 152 Å². The molecular weight excluding hydrogens is 322 g/mol. The number of likely N-dealkylation sites (tertiary alicyclic amines) is 1. The Balaban J connectivity index is 0.000000472. The lowest BCUT2D eigenvalue weighted by molar-refractivity contribution is -0.138. The predicted octanol–water partition coefficient (Wildman–Crippen LogP) is 3.37. The van der Waals surface area contributed by atoms with Crippen molar-refractivity contribution in [1.82, 2.24) is 4.90 Å². The van der Waals surface area contributed by atoms with Gasteiger partial charge in [-0.15, -0.1) is 0 Å². The molecule has 1 fully saturated rings. The van der Waals surface area contributed by atoms with E-state index in [1.165, 1.54) is 0 Å². The zero-order chi connectivity index (χ0) is 19.5. The standard InChI is InChI=1S/C10H18O4.C9H19NO/c11-9(12)7-5-3-1-2-4-6-8-10(13)14;1-7-8(11)5-6-10(4)9(7,2)3/h1-8H2,(H,11,12)(H,13,14);7-8,11H,5-6H2,1-4H3. The van der Waals surface area contributed by atoms with Crippen LogP contribution in [0.2, 0.25) is 0 Å². The number of aliphatic hydroxyl groups is 1. The Morgan fingerprint density at radius 2 is 1.36 bits per heavy atom. The number of carbonyl (C=O) groups is 2. The van der Waals surface area contributed by atoms with Gasteiger partial charge in [-0.2, -0.15) is 0 Å². The van der Waals surface area contributed by atoms with Gasteiger partial charge in [0.25, 0.3) is 0 Å². The summed E-state index contributed by atoms with van der Waals surface area (Å²) in [6, 6.07) is 0. The Hall–Kier alpha value is -1.14. The molecule has 1 saturated heterocycles. The van der Waals surface area contributed by atoms with Gasteiger partial charge >= 0.3 is 11.9 Å². The van der Waals surface area contributed by atoms with Crippen molar-refractivity contribution in [3.05, 3.63) is 0 Å². The summed E-state index contributed by atoms with van der Waals surface area (Å²) in [5.41, 5.74) is 0.150. The molecule has 0 spiro atoms. The highest BCUT2D eigenvalue weighted by Gasteiger charge is 2.38. The second-order valence-electron chi connectivity index (χ2n) is 7.63. The van der Waals surface area contributed by atoms with Crippen molar-refractivity contribution in [3.63, 3.8) is 0 Å². The van der Waals surface area contributed by atoms with Gasteiger partial charge in [-0.1, -0.05) is 32.6 Å². The van der Waals surface area contributed by atoms with E-state index in [-0.39, 0.29) is 24.5 Å². The molecular formula is C19H37NO5. The average molecular weight is 360 g/mol. The van der Waals surface area contributed by atoms with Gasteiger partial charge in [0.2, 0.25) is 0 Å². The largest absolute Gasteiger partial charge is 0.481 e. The Bertz CT molecular complexity index is 377. The summed E-state index contributed by atoms with van der Waals surface area (Å²) >= 11 is 0. The summed E-state index contributed by atoms with van der Waals surface area (Å²) in [5.74, 6) is -1.10. The second kappa shape index (κ2) is 12.3. The number of piperidine rings is 1. The molecule has 0 radical (unpaired) electrons. The number of hydrogen-bond donors (Lipinski definition) is 3. The van der Waals surface area contributed by atoms with Crippen LogP contribution < -0.4 is 0 Å². The Kier molecular flexibility index (Phi) is 11.7. The van der Waals surface area contributed by atoms with Crippen LogP contribution in [0.4, 0.5) is 0 Å². The zero-order valence-electron chi connectivity index (χ0n) is 16.3. The van der Waals surface area contributed by atoms with E-state index < -0.39 is 11.9 Å². The van der Waals surface area contributed by atoms with Crippen LogP contribution in [0.1, 0.15) is 78.6 Å². The first-order valence-electron chi connectivity index (χ1n) is 9.42. The topological polar surface area (TPSA) is 98.1 Å². The molecule has 0 saturated carbocycles. The van der Waals surface area contributed by atoms with Crippen LogP contribution in [0.25, 0.3) is 0 Å². The van der Waals surface area contributed by atoms with Gasteiger partial charge in [-0.05, 0) is 46.1 Å². The van der Waals surface area contributed by atoms with E-state index in [0.717, 1.165) is 51.5 Å². The van der Waals surface area contributed by atoms with E-state index in [4.69, 9.17) is 10.2 Å². The Morgan fingerprint density at radius 1 is 0.960 bits per heavy atom. The molecule has 6 heteroatoms. The van der Waals surface area contributed by atoms with Gasteiger partial charge in [0.05, 0.1) is 6.10 Å². The maximum Gasteiger partial charge on any atom is 0.303 e. The number of carboxylic acids is 2. The summed E-state index contributed by atoms with van der Waals surface area (Å²) in [4.78, 5) is 22.6. The van der Waals surface area contributed by atoms with E-state index in [1.54, 1.807) is 0 Å². The summed E-state index contributed by atoms with van der Waals surface area (Å²) < 4.78 is 0. The van der Waals surface area contributed by atoms with Crippen LogP contribution >= 0.6 is 0 Å². The number of aliphatic carboxylic acids is 2. The number of aliphatic hydroxyl groups excluding tert-OH is 1. The summed E-state index contributed by atoms with van der Waals surface area (Å²) in [7, 11) is 2.13. The van der Waals surface area contributed by atoms with E-state index in [0.29, 0.717) is 5.92 Å². The number of nitrogens with zero attached hydrogens (tertiary/aromatic N) is 1. The molecule has 1 heterocycles. The zero-order valence-corrected chi connectivity index (χ0v) is 16.3. The third kappa shape index (κ3) is 10.4. The first-order chi connectivity index (χ1) is 11.6. The van der Waals surface area contributed by atoms with Crippen LogP contribution in [-0.2, 0) is 9.59 Å². The van der Waals surface area contributed by atoms with Crippen molar-refractivity contribution in [1.29, 1.82) is 0 Å². The van der Waals surface area contributed by atoms with Gasteiger partial charge in [0, 0.05) is 24.9 Å². The molecule has 148 valence electrons. The van der Waals surface area contributed by atoms with Gasteiger partial charge in [-0.3, -0.25) is 9.59 Å². The highest BCUT2D eigenvalue weighted by molar-refractivity contribution is 5.66. The third-order valence-electron chi connectivity index (χ3n) is 5.47. The van der Waals surface area contributed by atoms with Crippen LogP contribution in [0.15, 0.2) is 0 Å². The van der Waals surface area contributed by atoms with Gasteiger partial charge < -0.3 is 20.2 Å². The molecule has 1 aliphatic heterocycles. The molecule has 0 aromatic heterocycles. The molecule has 3 N–H and O–H groups in total. The van der Waals surface area contributed by atoms with E-state index in [2.05, 4.69) is 32.7 Å². The lowest BCUT2D eigenvalue weighted by Gasteiger charge is -2.47. The maximum atomic E-state index is 10.1. The highest BCUT2D eigenvalue weighted by Crippen LogP contribution is 2.31. The maximum absolute atomic E-state index is 10.1. The summed E-state index contributed by atoms with van der Waals surface area (Å²) in [6.07, 6.45) is 6.63. The smallest absolute Gasteiger partial charge is 0.303 e. The van der Waals surface area contributed by atoms with Gasteiger partial charge in [0.15, 0.2) is 0 Å². The van der Waals surface area contributed by atoms with Gasteiger partial charge in [0.1, 0.15) is 0 Å². The molecule has 25 heavy (non-hydrogen) atoms. The van der Waals surface area contributed by atoms with Crippen molar-refractivity contribution >= 4 is 11.9 Å². The van der Waals surface area contributed by atoms with Crippen molar-refractivity contribution in [2.75, 3.05) is 13.6 Å². The van der Waals surface area contributed by atoms with E-state index >= 15 is 0 Å². The Morgan fingerprint density at radius 3 is 1.72 bits per heavy atom. The quantitative estimate of drug-likeness (QED) is 0.546. The molecule has 0 aromatic carbocycles. The molecule has 0 amide bonds. The average Bonchev–Trinajstić information content (AvgIpc) is 2.52. The minimum atomic E-state index is -0.740. The fourth-order valence-corrected chi connectivity index (χ4v) is 2.94. The third-order valence-corrected chi connectivity index (χ3v) is 5.47. The number of hydrogen-bond acceptors (Lipinski definition) is 4. The van der Waals surface area contributed by atoms with Gasteiger partial charge in [-0.25, -0.2) is 0 Å². The molecule has 2 atom stereocenters. The molecule has 0 aromatic rings. The fraction of sp³-hybridized carbons (Fsp3) is 0.895. The summed E-state index contributed by atoms with van der Waals surface area (Å²) in [6.45, 7) is 7.53. The molecule has 6 nitrogen and oxygen atoms in total. The van der Waals surface area contributed by atoms with E-state index in [1.807, 2.05) is 0 Å². The first-order valence-corrected chi connectivity index (χ1v) is 9.42. The van der Waals surface area contributed by atoms with Crippen LogP contribution in [0.3, 0.4) is 0 Å². The number of carboxylic acid groups (broad SMARTS) is 2. The molecule has 0 aliphatic carbocycles. The SMILES string of the molecule is CC1C(O)CCN(C)C1(C)C.O=C(O)CCCCCCCCC(=O)O. The monoisotopic (exact) mass is 359 g/mol. The minimum Gasteiger partial charge on any atom is -0.481 e. The predicted molar refractivity (Wildman–Crippen MR) is 98.7 cm³/mol. The highest BCUT2D eigenvalue weighted by atomic mass is 16.4. The van der Waals surface area contributed by atoms with Crippen LogP contribution in [-0.4, -0.2) is 57.4 Å². The van der Waals surface area contributed by atoms with Crippen molar-refractivity contribution in [2.45, 2.75) is 90.2 Å². The summed E-state index contributed by atoms with van der Waals surface area (Å²) in [5, 5.41) is 26.3. The van der Waals surface area contributed by atoms with Crippen molar-refractivity contribution in [3.8, 4) is 0 Å². The van der Waals surface area contributed by atoms with Crippen molar-refractivity contribution < 1.29 is 24.9 Å². The number of rotatable bonds is 9. The molecule has 1 rings (SSSR count). The normalized spacial score (nSPS) is 22.8.